The molecule has 1 unspecified atom stereocenters. The highest BCUT2D eigenvalue weighted by molar-refractivity contribution is 7.18. The standard InChI is InChI=1S/C29H27BN5O2S/c1-30-29(37,21-7-5-4-6-8-21)28(36)35-12-11-19-13-18(9-10-24(19)35)23-17-38-26-22(20-14-33-34(3)16-20)15-32-27(31-2)25(23)26/h4-10,13-17,37H,11-12H2,1-3H3,(H,31,32). The highest BCUT2D eigenvalue weighted by Crippen LogP contribution is 2.44. The molecule has 2 aromatic carbocycles. The molecule has 0 bridgehead atoms. The second-order valence-corrected chi connectivity index (χ2v) is 10.4. The molecule has 0 fully saturated rings. The minimum Gasteiger partial charge on any atom is -0.385 e. The lowest BCUT2D eigenvalue weighted by atomic mass is 9.58. The van der Waals surface area contributed by atoms with Crippen LogP contribution >= 0.6 is 11.3 Å². The topological polar surface area (TPSA) is 83.3 Å². The van der Waals surface area contributed by atoms with Crippen molar-refractivity contribution in [3.05, 3.63) is 83.6 Å². The third-order valence-corrected chi connectivity index (χ3v) is 8.35. The van der Waals surface area contributed by atoms with Gasteiger partial charge in [0.2, 0.25) is 0 Å². The van der Waals surface area contributed by atoms with Crippen molar-refractivity contribution in [3.8, 4) is 22.3 Å². The van der Waals surface area contributed by atoms with Crippen molar-refractivity contribution in [2.75, 3.05) is 23.8 Å². The summed E-state index contributed by atoms with van der Waals surface area (Å²) in [5, 5.41) is 22.2. The van der Waals surface area contributed by atoms with Crippen LogP contribution in [0.5, 0.6) is 0 Å². The molecule has 2 N–H and O–H groups in total. The minimum atomic E-state index is -1.68. The van der Waals surface area contributed by atoms with E-state index in [9.17, 15) is 9.90 Å². The molecule has 1 aliphatic rings. The van der Waals surface area contributed by atoms with E-state index in [4.69, 9.17) is 4.98 Å². The number of thiophene rings is 1. The molecule has 1 atom stereocenters. The van der Waals surface area contributed by atoms with E-state index in [0.717, 1.165) is 55.8 Å². The smallest absolute Gasteiger partial charge is 0.254 e. The number of anilines is 2. The van der Waals surface area contributed by atoms with E-state index in [2.05, 4.69) is 27.9 Å². The zero-order valence-corrected chi connectivity index (χ0v) is 22.3. The van der Waals surface area contributed by atoms with Gasteiger partial charge in [-0.2, -0.15) is 5.10 Å². The molecule has 9 heteroatoms. The van der Waals surface area contributed by atoms with E-state index in [0.29, 0.717) is 12.1 Å². The van der Waals surface area contributed by atoms with Crippen molar-refractivity contribution < 1.29 is 9.90 Å². The zero-order chi connectivity index (χ0) is 26.4. The number of aromatic nitrogens is 3. The Morgan fingerprint density at radius 1 is 1.13 bits per heavy atom. The van der Waals surface area contributed by atoms with Crippen LogP contribution in [-0.2, 0) is 23.8 Å². The summed E-state index contributed by atoms with van der Waals surface area (Å²) in [5.41, 5.74) is 5.08. The van der Waals surface area contributed by atoms with Crippen LogP contribution < -0.4 is 10.2 Å². The number of carbonyl (C=O) groups excluding carboxylic acids is 1. The highest BCUT2D eigenvalue weighted by Gasteiger charge is 2.41. The van der Waals surface area contributed by atoms with Crippen molar-refractivity contribution in [3.63, 3.8) is 0 Å². The monoisotopic (exact) mass is 520 g/mol. The Labute approximate surface area is 226 Å². The Morgan fingerprint density at radius 3 is 2.66 bits per heavy atom. The molecule has 4 heterocycles. The molecular formula is C29H27BN5O2S. The fraction of sp³-hybridized carbons (Fsp3) is 0.207. The van der Waals surface area contributed by atoms with Crippen molar-refractivity contribution in [2.45, 2.75) is 18.7 Å². The SMILES string of the molecule is C[B]C(O)(C(=O)N1CCc2cc(-c3csc4c(-c5cnn(C)c5)cnc(NC)c34)ccc21)c1ccccc1. The number of aliphatic hydroxyl groups is 1. The maximum absolute atomic E-state index is 13.6. The maximum atomic E-state index is 13.6. The van der Waals surface area contributed by atoms with Gasteiger partial charge in [0.25, 0.3) is 5.91 Å². The number of pyridine rings is 1. The van der Waals surface area contributed by atoms with Gasteiger partial charge in [-0.1, -0.05) is 43.2 Å². The summed E-state index contributed by atoms with van der Waals surface area (Å²) < 4.78 is 2.95. The van der Waals surface area contributed by atoms with E-state index in [1.807, 2.05) is 57.0 Å². The van der Waals surface area contributed by atoms with Crippen LogP contribution in [0.3, 0.4) is 0 Å². The third-order valence-electron chi connectivity index (χ3n) is 7.34. The van der Waals surface area contributed by atoms with E-state index >= 15 is 0 Å². The largest absolute Gasteiger partial charge is 0.385 e. The van der Waals surface area contributed by atoms with Gasteiger partial charge in [-0.15, -0.1) is 11.3 Å². The van der Waals surface area contributed by atoms with Gasteiger partial charge in [0.15, 0.2) is 7.28 Å². The molecule has 189 valence electrons. The van der Waals surface area contributed by atoms with Gasteiger partial charge in [0, 0.05) is 65.5 Å². The highest BCUT2D eigenvalue weighted by atomic mass is 32.1. The Hall–Kier alpha value is -3.95. The van der Waals surface area contributed by atoms with Crippen molar-refractivity contribution in [2.24, 2.45) is 7.05 Å². The number of hydrogen-bond donors (Lipinski definition) is 2. The number of rotatable bonds is 6. The Morgan fingerprint density at radius 2 is 1.95 bits per heavy atom. The van der Waals surface area contributed by atoms with Crippen LogP contribution in [0.15, 0.2) is 72.5 Å². The van der Waals surface area contributed by atoms with Crippen LogP contribution in [0.2, 0.25) is 6.82 Å². The van der Waals surface area contributed by atoms with Crippen LogP contribution in [0.1, 0.15) is 11.1 Å². The first kappa shape index (κ1) is 24.4. The first-order valence-corrected chi connectivity index (χ1v) is 13.4. The van der Waals surface area contributed by atoms with E-state index in [-0.39, 0.29) is 5.91 Å². The summed E-state index contributed by atoms with van der Waals surface area (Å²) in [5.74, 6) is 0.495. The summed E-state index contributed by atoms with van der Waals surface area (Å²) in [7, 11) is 5.37. The first-order valence-electron chi connectivity index (χ1n) is 12.5. The summed E-state index contributed by atoms with van der Waals surface area (Å²) in [6.07, 6.45) is 6.49. The van der Waals surface area contributed by atoms with Gasteiger partial charge < -0.3 is 15.3 Å². The number of nitrogens with zero attached hydrogens (tertiary/aromatic N) is 4. The summed E-state index contributed by atoms with van der Waals surface area (Å²) in [4.78, 5) is 20.1. The summed E-state index contributed by atoms with van der Waals surface area (Å²) in [6, 6.07) is 15.3. The Balaban J connectivity index is 1.39. The molecule has 0 spiro atoms. The summed E-state index contributed by atoms with van der Waals surface area (Å²) in [6.45, 7) is 2.25. The molecule has 6 rings (SSSR count). The van der Waals surface area contributed by atoms with Crippen LogP contribution in [-0.4, -0.2) is 46.7 Å². The number of nitrogens with one attached hydrogen (secondary N) is 1. The van der Waals surface area contributed by atoms with Crippen molar-refractivity contribution >= 4 is 46.1 Å². The van der Waals surface area contributed by atoms with Gasteiger partial charge in [-0.05, 0) is 40.6 Å². The molecule has 0 saturated carbocycles. The number of amides is 1. The second-order valence-electron chi connectivity index (χ2n) is 9.50. The van der Waals surface area contributed by atoms with Crippen LogP contribution in [0, 0.1) is 0 Å². The lowest BCUT2D eigenvalue weighted by Gasteiger charge is -2.31. The van der Waals surface area contributed by atoms with Crippen molar-refractivity contribution in [1.29, 1.82) is 0 Å². The number of fused-ring (bicyclic) bond motifs is 2. The van der Waals surface area contributed by atoms with E-state index in [1.54, 1.807) is 47.2 Å². The fourth-order valence-electron chi connectivity index (χ4n) is 5.30. The van der Waals surface area contributed by atoms with Crippen LogP contribution in [0.4, 0.5) is 11.5 Å². The van der Waals surface area contributed by atoms with Gasteiger partial charge in [-0.3, -0.25) is 9.48 Å². The normalized spacial score (nSPS) is 14.4. The number of hydrogen-bond acceptors (Lipinski definition) is 6. The number of benzene rings is 2. The Kier molecular flexibility index (Phi) is 6.05. The molecular weight excluding hydrogens is 493 g/mol. The fourth-order valence-corrected chi connectivity index (χ4v) is 6.41. The molecule has 0 aliphatic carbocycles. The average molecular weight is 520 g/mol. The maximum Gasteiger partial charge on any atom is 0.254 e. The molecule has 38 heavy (non-hydrogen) atoms. The molecule has 3 aromatic heterocycles. The predicted molar refractivity (Wildman–Crippen MR) is 155 cm³/mol. The lowest BCUT2D eigenvalue weighted by Crippen LogP contribution is -2.49. The molecule has 7 nitrogen and oxygen atoms in total. The Bertz CT molecular complexity index is 1660. The predicted octanol–water partition coefficient (Wildman–Crippen LogP) is 4.89. The van der Waals surface area contributed by atoms with Gasteiger partial charge in [-0.25, -0.2) is 4.98 Å². The quantitative estimate of drug-likeness (QED) is 0.312. The molecule has 5 aromatic rings. The third kappa shape index (κ3) is 3.81. The van der Waals surface area contributed by atoms with Gasteiger partial charge in [0.1, 0.15) is 11.3 Å². The first-order chi connectivity index (χ1) is 18.4. The van der Waals surface area contributed by atoms with Gasteiger partial charge >= 0.3 is 0 Å². The van der Waals surface area contributed by atoms with E-state index < -0.39 is 5.50 Å². The minimum absolute atomic E-state index is 0.332. The zero-order valence-electron chi connectivity index (χ0n) is 21.5. The van der Waals surface area contributed by atoms with Crippen molar-refractivity contribution in [1.82, 2.24) is 14.8 Å². The molecule has 0 saturated heterocycles. The average Bonchev–Trinajstić information content (AvgIpc) is 3.70. The molecule has 1 radical (unpaired) electrons. The van der Waals surface area contributed by atoms with Crippen LogP contribution in [0.25, 0.3) is 32.3 Å². The van der Waals surface area contributed by atoms with Gasteiger partial charge in [0.05, 0.1) is 6.20 Å². The second kappa shape index (κ2) is 9.42. The molecule has 1 aliphatic heterocycles. The lowest BCUT2D eigenvalue weighted by molar-refractivity contribution is -0.130. The van der Waals surface area contributed by atoms with E-state index in [1.165, 1.54) is 0 Å². The number of carbonyl (C=O) groups is 1. The molecule has 1 amide bonds. The summed E-state index contributed by atoms with van der Waals surface area (Å²) >= 11 is 1.69. The number of aryl methyl sites for hydroxylation is 1.